The zero-order valence-corrected chi connectivity index (χ0v) is 14.8. The number of aryl methyl sites for hydroxylation is 1. The maximum absolute atomic E-state index is 12.1. The van der Waals surface area contributed by atoms with Crippen molar-refractivity contribution in [3.8, 4) is 11.5 Å². The summed E-state index contributed by atoms with van der Waals surface area (Å²) in [6.07, 6.45) is 1.56. The summed E-state index contributed by atoms with van der Waals surface area (Å²) in [6.45, 7) is 1.49. The van der Waals surface area contributed by atoms with E-state index in [1.807, 2.05) is 31.2 Å². The Bertz CT molecular complexity index is 943. The van der Waals surface area contributed by atoms with E-state index in [-0.39, 0.29) is 11.6 Å². The number of aliphatic carboxylic acids is 1. The molecule has 0 saturated heterocycles. The van der Waals surface area contributed by atoms with Crippen molar-refractivity contribution in [2.24, 2.45) is 4.99 Å². The Morgan fingerprint density at radius 1 is 1.19 bits per heavy atom. The average Bonchev–Trinajstić information content (AvgIpc) is 3.01. The van der Waals surface area contributed by atoms with E-state index in [1.165, 1.54) is 7.11 Å². The summed E-state index contributed by atoms with van der Waals surface area (Å²) >= 11 is 0. The van der Waals surface area contributed by atoms with Crippen LogP contribution in [0.3, 0.4) is 0 Å². The molecule has 0 atom stereocenters. The number of aliphatic imine (C=N–C) groups is 1. The highest BCUT2D eigenvalue weighted by Crippen LogP contribution is 2.29. The number of esters is 1. The molecule has 27 heavy (non-hydrogen) atoms. The van der Waals surface area contributed by atoms with Crippen LogP contribution in [-0.2, 0) is 14.3 Å². The molecule has 1 aliphatic rings. The number of carbonyl (C=O) groups is 2. The normalized spacial score (nSPS) is 14.7. The molecule has 1 N–H and O–H groups in total. The zero-order chi connectivity index (χ0) is 19.4. The van der Waals surface area contributed by atoms with E-state index in [2.05, 4.69) is 4.99 Å². The van der Waals surface area contributed by atoms with Gasteiger partial charge in [-0.3, -0.25) is 0 Å². The van der Waals surface area contributed by atoms with Crippen LogP contribution < -0.4 is 9.47 Å². The van der Waals surface area contributed by atoms with Crippen molar-refractivity contribution in [1.82, 2.24) is 0 Å². The molecular weight excluding hydrogens is 350 g/mol. The van der Waals surface area contributed by atoms with Gasteiger partial charge in [0.15, 0.2) is 23.8 Å². The second-order valence-corrected chi connectivity index (χ2v) is 5.79. The lowest BCUT2D eigenvalue weighted by molar-refractivity contribution is -0.139. The fourth-order valence-electron chi connectivity index (χ4n) is 2.42. The Kier molecular flexibility index (Phi) is 5.21. The van der Waals surface area contributed by atoms with Crippen molar-refractivity contribution in [2.75, 3.05) is 13.7 Å². The van der Waals surface area contributed by atoms with Gasteiger partial charge >= 0.3 is 11.9 Å². The zero-order valence-electron chi connectivity index (χ0n) is 14.8. The largest absolute Gasteiger partial charge is 0.493 e. The number of cyclic esters (lactones) is 1. The predicted molar refractivity (Wildman–Crippen MR) is 97.9 cm³/mol. The number of hydrogen-bond donors (Lipinski definition) is 1. The third-order valence-corrected chi connectivity index (χ3v) is 3.76. The van der Waals surface area contributed by atoms with Crippen molar-refractivity contribution in [1.29, 1.82) is 0 Å². The van der Waals surface area contributed by atoms with Gasteiger partial charge in [-0.05, 0) is 42.8 Å². The molecule has 3 rings (SSSR count). The summed E-state index contributed by atoms with van der Waals surface area (Å²) in [5, 5.41) is 8.70. The molecule has 0 saturated carbocycles. The van der Waals surface area contributed by atoms with Crippen LogP contribution in [0.5, 0.6) is 11.5 Å². The van der Waals surface area contributed by atoms with Crippen molar-refractivity contribution in [2.45, 2.75) is 6.92 Å². The molecule has 138 valence electrons. The molecule has 1 aliphatic heterocycles. The Labute approximate surface area is 155 Å². The number of methoxy groups -OCH3 is 1. The molecule has 7 nitrogen and oxygen atoms in total. The van der Waals surface area contributed by atoms with Gasteiger partial charge in [0.1, 0.15) is 0 Å². The minimum absolute atomic E-state index is 0.159. The number of carboxylic acids is 1. The third-order valence-electron chi connectivity index (χ3n) is 3.76. The lowest BCUT2D eigenvalue weighted by Crippen LogP contribution is -2.10. The molecule has 0 bridgehead atoms. The van der Waals surface area contributed by atoms with Gasteiger partial charge in [-0.15, -0.1) is 0 Å². The summed E-state index contributed by atoms with van der Waals surface area (Å²) in [5.74, 6) is -0.745. The highest BCUT2D eigenvalue weighted by molar-refractivity contribution is 6.12. The molecule has 0 aliphatic carbocycles. The maximum atomic E-state index is 12.1. The second-order valence-electron chi connectivity index (χ2n) is 5.79. The number of benzene rings is 2. The molecule has 0 aromatic heterocycles. The van der Waals surface area contributed by atoms with Crippen LogP contribution in [0.2, 0.25) is 0 Å². The number of rotatable bonds is 6. The van der Waals surface area contributed by atoms with Gasteiger partial charge in [-0.1, -0.05) is 23.8 Å². The van der Waals surface area contributed by atoms with Crippen LogP contribution in [0, 0.1) is 6.92 Å². The fraction of sp³-hybridized carbons (Fsp3) is 0.150. The summed E-state index contributed by atoms with van der Waals surface area (Å²) in [6, 6.07) is 12.3. The van der Waals surface area contributed by atoms with Gasteiger partial charge in [-0.2, -0.15) is 0 Å². The molecule has 0 spiro atoms. The molecule has 1 heterocycles. The predicted octanol–water partition coefficient (Wildman–Crippen LogP) is 2.81. The first-order valence-corrected chi connectivity index (χ1v) is 8.08. The molecule has 7 heteroatoms. The highest BCUT2D eigenvalue weighted by atomic mass is 16.6. The quantitative estimate of drug-likeness (QED) is 0.623. The van der Waals surface area contributed by atoms with Crippen LogP contribution >= 0.6 is 0 Å². The van der Waals surface area contributed by atoms with Gasteiger partial charge in [0.25, 0.3) is 0 Å². The van der Waals surface area contributed by atoms with Crippen LogP contribution in [0.1, 0.15) is 16.7 Å². The van der Waals surface area contributed by atoms with Gasteiger partial charge in [0, 0.05) is 5.56 Å². The first-order chi connectivity index (χ1) is 13.0. The summed E-state index contributed by atoms with van der Waals surface area (Å²) < 4.78 is 15.6. The summed E-state index contributed by atoms with van der Waals surface area (Å²) in [5.41, 5.74) is 2.60. The van der Waals surface area contributed by atoms with Crippen LogP contribution in [0.25, 0.3) is 6.08 Å². The van der Waals surface area contributed by atoms with E-state index in [9.17, 15) is 9.59 Å². The van der Waals surface area contributed by atoms with E-state index in [4.69, 9.17) is 19.3 Å². The lowest BCUT2D eigenvalue weighted by atomic mass is 10.1. The average molecular weight is 367 g/mol. The van der Waals surface area contributed by atoms with Crippen LogP contribution in [-0.4, -0.2) is 36.7 Å². The van der Waals surface area contributed by atoms with E-state index >= 15 is 0 Å². The van der Waals surface area contributed by atoms with E-state index in [0.717, 1.165) is 5.56 Å². The molecule has 0 fully saturated rings. The minimum atomic E-state index is -1.09. The highest BCUT2D eigenvalue weighted by Gasteiger charge is 2.24. The second kappa shape index (κ2) is 7.74. The SMILES string of the molecule is COc1cc(/C=C2/N=C(c3ccc(C)cc3)OC2=O)ccc1OCC(=O)O. The fourth-order valence-corrected chi connectivity index (χ4v) is 2.42. The minimum Gasteiger partial charge on any atom is -0.493 e. The number of hydrogen-bond acceptors (Lipinski definition) is 6. The number of nitrogens with zero attached hydrogens (tertiary/aromatic N) is 1. The van der Waals surface area contributed by atoms with Crippen molar-refractivity contribution < 1.29 is 28.9 Å². The Morgan fingerprint density at radius 2 is 1.93 bits per heavy atom. The lowest BCUT2D eigenvalue weighted by Gasteiger charge is -2.09. The molecule has 2 aromatic rings. The first kappa shape index (κ1) is 18.2. The van der Waals surface area contributed by atoms with Gasteiger partial charge in [0.05, 0.1) is 7.11 Å². The molecule has 0 radical (unpaired) electrons. The molecule has 0 unspecified atom stereocenters. The van der Waals surface area contributed by atoms with Gasteiger partial charge in [-0.25, -0.2) is 14.6 Å². The van der Waals surface area contributed by atoms with Gasteiger partial charge < -0.3 is 19.3 Å². The van der Waals surface area contributed by atoms with Crippen molar-refractivity contribution >= 4 is 23.9 Å². The van der Waals surface area contributed by atoms with E-state index in [0.29, 0.717) is 22.6 Å². The van der Waals surface area contributed by atoms with E-state index < -0.39 is 18.5 Å². The van der Waals surface area contributed by atoms with Crippen LogP contribution in [0.15, 0.2) is 53.2 Å². The number of carboxylic acid groups (broad SMARTS) is 1. The number of ether oxygens (including phenoxy) is 3. The molecule has 2 aromatic carbocycles. The number of carbonyl (C=O) groups excluding carboxylic acids is 1. The Hall–Kier alpha value is -3.61. The standard InChI is InChI=1S/C20H17NO6/c1-12-3-6-14(7-4-12)19-21-15(20(24)27-19)9-13-5-8-16(17(10-13)25-2)26-11-18(22)23/h3-10H,11H2,1-2H3,(H,22,23)/b15-9+. The molecular formula is C20H17NO6. The Balaban J connectivity index is 1.85. The van der Waals surface area contributed by atoms with E-state index in [1.54, 1.807) is 24.3 Å². The summed E-state index contributed by atoms with van der Waals surface area (Å²) in [4.78, 5) is 27.0. The maximum Gasteiger partial charge on any atom is 0.363 e. The topological polar surface area (TPSA) is 94.4 Å². The monoisotopic (exact) mass is 367 g/mol. The first-order valence-electron chi connectivity index (χ1n) is 8.08. The molecule has 0 amide bonds. The van der Waals surface area contributed by atoms with Crippen LogP contribution in [0.4, 0.5) is 0 Å². The van der Waals surface area contributed by atoms with Gasteiger partial charge in [0.2, 0.25) is 5.90 Å². The Morgan fingerprint density at radius 3 is 2.59 bits per heavy atom. The van der Waals surface area contributed by atoms with Crippen molar-refractivity contribution in [3.63, 3.8) is 0 Å². The smallest absolute Gasteiger partial charge is 0.363 e. The third kappa shape index (κ3) is 4.33. The van der Waals surface area contributed by atoms with Crippen molar-refractivity contribution in [3.05, 3.63) is 64.9 Å². The summed E-state index contributed by atoms with van der Waals surface area (Å²) in [7, 11) is 1.44.